The Hall–Kier alpha value is -2.52. The molecule has 1 heterocycles. The maximum atomic E-state index is 13.6. The summed E-state index contributed by atoms with van der Waals surface area (Å²) >= 11 is 3.50. The number of Topliss-reactive ketones (excluding diaryl/α,β-unsaturated/α-hetero) is 1. The van der Waals surface area contributed by atoms with Crippen molar-refractivity contribution in [3.63, 3.8) is 0 Å². The summed E-state index contributed by atoms with van der Waals surface area (Å²) in [6.07, 6.45) is -2.55. The molecule has 174 valence electrons. The van der Waals surface area contributed by atoms with Crippen LogP contribution in [-0.4, -0.2) is 56.9 Å². The number of fused-ring (bicyclic) bond motifs is 4. The molecule has 0 unspecified atom stereocenters. The number of aromatic nitrogens is 1. The number of hydrogen-bond acceptors (Lipinski definition) is 6. The Bertz CT molecular complexity index is 1260. The molecule has 3 N–H and O–H groups in total. The van der Waals surface area contributed by atoms with Crippen LogP contribution in [0.1, 0.15) is 48.0 Å². The Labute approximate surface area is 199 Å². The second-order valence-corrected chi connectivity index (χ2v) is 9.88. The van der Waals surface area contributed by atoms with E-state index in [0.29, 0.717) is 16.9 Å². The first-order valence-electron chi connectivity index (χ1n) is 10.7. The number of ether oxygens (including phenoxy) is 1. The standard InChI is InChI=1S/C25H26BrNO6/c1-13(29)10-27-19-8-14(26)4-6-17(19)22-23(32)16-7-5-15(33-12-21(31)20(30)11-28)9-18(16)25(2,3)24(22)27/h4-9,20-21,28,30-31H,10-12H2,1-3H3/t20-,21-/m1/s1. The summed E-state index contributed by atoms with van der Waals surface area (Å²) in [7, 11) is 0. The fourth-order valence-corrected chi connectivity index (χ4v) is 4.94. The molecular formula is C25H26BrNO6. The lowest BCUT2D eigenvalue weighted by molar-refractivity contribution is -0.117. The van der Waals surface area contributed by atoms with Crippen LogP contribution >= 0.6 is 15.9 Å². The van der Waals surface area contributed by atoms with Gasteiger partial charge in [0.1, 0.15) is 30.3 Å². The van der Waals surface area contributed by atoms with Gasteiger partial charge in [0.15, 0.2) is 5.78 Å². The van der Waals surface area contributed by atoms with Gasteiger partial charge < -0.3 is 24.6 Å². The SMILES string of the molecule is CC(=O)Cn1c2c(c3ccc(Br)cc31)C(=O)c1ccc(OC[C@@H](O)[C@H](O)CO)cc1C2(C)C. The maximum Gasteiger partial charge on any atom is 0.195 e. The van der Waals surface area contributed by atoms with Crippen molar-refractivity contribution < 1.29 is 29.6 Å². The summed E-state index contributed by atoms with van der Waals surface area (Å²) in [4.78, 5) is 25.8. The average Bonchev–Trinajstić information content (AvgIpc) is 3.09. The lowest BCUT2D eigenvalue weighted by Gasteiger charge is -2.34. The molecule has 2 atom stereocenters. The summed E-state index contributed by atoms with van der Waals surface area (Å²) in [5.41, 5.74) is 2.88. The highest BCUT2D eigenvalue weighted by atomic mass is 79.9. The van der Waals surface area contributed by atoms with Crippen LogP contribution in [0.5, 0.6) is 5.75 Å². The van der Waals surface area contributed by atoms with Crippen LogP contribution in [0.2, 0.25) is 0 Å². The third-order valence-corrected chi connectivity index (χ3v) is 6.68. The van der Waals surface area contributed by atoms with E-state index in [1.165, 1.54) is 6.92 Å². The molecule has 0 aliphatic heterocycles. The minimum absolute atomic E-state index is 0.0164. The van der Waals surface area contributed by atoms with Crippen LogP contribution in [0.4, 0.5) is 0 Å². The van der Waals surface area contributed by atoms with E-state index in [1.807, 2.05) is 36.6 Å². The summed E-state index contributed by atoms with van der Waals surface area (Å²) in [6.45, 7) is 4.91. The molecule has 0 radical (unpaired) electrons. The van der Waals surface area contributed by atoms with Gasteiger partial charge >= 0.3 is 0 Å². The maximum absolute atomic E-state index is 13.6. The number of rotatable bonds is 7. The first kappa shape index (κ1) is 23.6. The number of aliphatic hydroxyl groups excluding tert-OH is 3. The Balaban J connectivity index is 1.84. The van der Waals surface area contributed by atoms with E-state index in [0.717, 1.165) is 26.6 Å². The molecule has 8 heteroatoms. The number of aliphatic hydroxyl groups is 3. The van der Waals surface area contributed by atoms with Crippen LogP contribution < -0.4 is 4.74 Å². The van der Waals surface area contributed by atoms with Gasteiger partial charge in [-0.25, -0.2) is 0 Å². The minimum atomic E-state index is -1.30. The molecule has 7 nitrogen and oxygen atoms in total. The van der Waals surface area contributed by atoms with Gasteiger partial charge in [0, 0.05) is 26.5 Å². The molecule has 0 saturated carbocycles. The molecule has 0 saturated heterocycles. The summed E-state index contributed by atoms with van der Waals surface area (Å²) < 4.78 is 8.43. The third kappa shape index (κ3) is 4.01. The lowest BCUT2D eigenvalue weighted by Crippen LogP contribution is -2.35. The molecule has 4 rings (SSSR count). The predicted octanol–water partition coefficient (Wildman–Crippen LogP) is 2.96. The second kappa shape index (κ2) is 8.68. The van der Waals surface area contributed by atoms with E-state index in [-0.39, 0.29) is 24.7 Å². The van der Waals surface area contributed by atoms with Crippen LogP contribution in [-0.2, 0) is 16.8 Å². The topological polar surface area (TPSA) is 109 Å². The van der Waals surface area contributed by atoms with Gasteiger partial charge in [-0.3, -0.25) is 9.59 Å². The van der Waals surface area contributed by atoms with Gasteiger partial charge in [-0.1, -0.05) is 35.8 Å². The van der Waals surface area contributed by atoms with Crippen molar-refractivity contribution in [2.45, 2.75) is 44.9 Å². The summed E-state index contributed by atoms with van der Waals surface area (Å²) in [5, 5.41) is 29.2. The predicted molar refractivity (Wildman–Crippen MR) is 127 cm³/mol. The number of nitrogens with zero attached hydrogens (tertiary/aromatic N) is 1. The van der Waals surface area contributed by atoms with Gasteiger partial charge in [-0.15, -0.1) is 0 Å². The Morgan fingerprint density at radius 3 is 2.55 bits per heavy atom. The molecule has 0 fully saturated rings. The van der Waals surface area contributed by atoms with Gasteiger partial charge in [0.25, 0.3) is 0 Å². The number of benzene rings is 2. The molecule has 1 aliphatic rings. The minimum Gasteiger partial charge on any atom is -0.491 e. The van der Waals surface area contributed by atoms with Gasteiger partial charge in [0.05, 0.1) is 24.2 Å². The number of carbonyl (C=O) groups excluding carboxylic acids is 2. The highest BCUT2D eigenvalue weighted by Crippen LogP contribution is 2.46. The van der Waals surface area contributed by atoms with Crippen LogP contribution in [0.25, 0.3) is 10.9 Å². The van der Waals surface area contributed by atoms with Crippen molar-refractivity contribution in [1.82, 2.24) is 4.57 Å². The third-order valence-electron chi connectivity index (χ3n) is 6.19. The van der Waals surface area contributed by atoms with Gasteiger partial charge in [-0.05, 0) is 42.8 Å². The first-order chi connectivity index (χ1) is 15.6. The van der Waals surface area contributed by atoms with Crippen molar-refractivity contribution in [1.29, 1.82) is 0 Å². The number of ketones is 2. The zero-order chi connectivity index (χ0) is 24.1. The largest absolute Gasteiger partial charge is 0.491 e. The number of hydrogen-bond donors (Lipinski definition) is 3. The van der Waals surface area contributed by atoms with Crippen molar-refractivity contribution in [2.24, 2.45) is 0 Å². The van der Waals surface area contributed by atoms with E-state index in [4.69, 9.17) is 9.84 Å². The van der Waals surface area contributed by atoms with Crippen LogP contribution in [0.15, 0.2) is 40.9 Å². The zero-order valence-electron chi connectivity index (χ0n) is 18.6. The van der Waals surface area contributed by atoms with Gasteiger partial charge in [0.2, 0.25) is 0 Å². The summed E-state index contributed by atoms with van der Waals surface area (Å²) in [6, 6.07) is 10.8. The Morgan fingerprint density at radius 1 is 1.15 bits per heavy atom. The summed E-state index contributed by atoms with van der Waals surface area (Å²) in [5.74, 6) is 0.299. The molecule has 0 spiro atoms. The fourth-order valence-electron chi connectivity index (χ4n) is 4.59. The monoisotopic (exact) mass is 515 g/mol. The van der Waals surface area contributed by atoms with E-state index in [2.05, 4.69) is 15.9 Å². The smallest absolute Gasteiger partial charge is 0.195 e. The first-order valence-corrected chi connectivity index (χ1v) is 11.5. The van der Waals surface area contributed by atoms with E-state index in [1.54, 1.807) is 18.2 Å². The van der Waals surface area contributed by atoms with E-state index in [9.17, 15) is 19.8 Å². The average molecular weight is 516 g/mol. The number of halogens is 1. The molecule has 1 aromatic heterocycles. The van der Waals surface area contributed by atoms with E-state index < -0.39 is 24.2 Å². The fraction of sp³-hybridized carbons (Fsp3) is 0.360. The van der Waals surface area contributed by atoms with E-state index >= 15 is 0 Å². The highest BCUT2D eigenvalue weighted by molar-refractivity contribution is 9.10. The van der Waals surface area contributed by atoms with Gasteiger partial charge in [-0.2, -0.15) is 0 Å². The molecule has 2 aromatic carbocycles. The van der Waals surface area contributed by atoms with Crippen molar-refractivity contribution in [3.8, 4) is 5.75 Å². The highest BCUT2D eigenvalue weighted by Gasteiger charge is 2.42. The molecule has 0 amide bonds. The second-order valence-electron chi connectivity index (χ2n) is 8.96. The molecule has 0 bridgehead atoms. The van der Waals surface area contributed by atoms with Crippen LogP contribution in [0.3, 0.4) is 0 Å². The van der Waals surface area contributed by atoms with Crippen LogP contribution in [0, 0.1) is 0 Å². The van der Waals surface area contributed by atoms with Crippen molar-refractivity contribution >= 4 is 38.4 Å². The lowest BCUT2D eigenvalue weighted by atomic mass is 9.71. The Morgan fingerprint density at radius 2 is 1.88 bits per heavy atom. The quantitative estimate of drug-likeness (QED) is 0.446. The molecule has 3 aromatic rings. The zero-order valence-corrected chi connectivity index (χ0v) is 20.2. The Kier molecular flexibility index (Phi) is 6.22. The van der Waals surface area contributed by atoms with Crippen molar-refractivity contribution in [2.75, 3.05) is 13.2 Å². The number of carbonyl (C=O) groups is 2. The van der Waals surface area contributed by atoms with Crippen molar-refractivity contribution in [3.05, 3.63) is 63.3 Å². The normalized spacial score (nSPS) is 16.3. The molecule has 1 aliphatic carbocycles. The molecular weight excluding hydrogens is 490 g/mol. The molecule has 33 heavy (non-hydrogen) atoms.